The molecule has 1 amide bonds. The maximum Gasteiger partial charge on any atom is 0.251 e. The molecule has 1 saturated carbocycles. The van der Waals surface area contributed by atoms with E-state index in [1.54, 1.807) is 0 Å². The molecular weight excluding hydrogens is 278 g/mol. The molecule has 4 rings (SSSR count). The van der Waals surface area contributed by atoms with Gasteiger partial charge in [0.05, 0.1) is 13.2 Å². The van der Waals surface area contributed by atoms with Crippen LogP contribution in [0.5, 0.6) is 0 Å². The minimum Gasteiger partial charge on any atom is -0.365 e. The lowest BCUT2D eigenvalue weighted by Gasteiger charge is -2.33. The Bertz CT molecular complexity index is 694. The molecule has 1 aromatic carbocycles. The zero-order valence-electron chi connectivity index (χ0n) is 12.4. The first-order chi connectivity index (χ1) is 10.8. The Hall–Kier alpha value is -2.14. The second-order valence-corrected chi connectivity index (χ2v) is 5.94. The Kier molecular flexibility index (Phi) is 3.42. The SMILES string of the molecule is O=C(NC1CC1)C1CN(c2nccc3ccccc23)CCO1. The van der Waals surface area contributed by atoms with Crippen molar-refractivity contribution >= 4 is 22.5 Å². The van der Waals surface area contributed by atoms with Crippen LogP contribution in [0.25, 0.3) is 10.8 Å². The highest BCUT2D eigenvalue weighted by Gasteiger charge is 2.31. The predicted octanol–water partition coefficient (Wildman–Crippen LogP) is 1.72. The molecule has 1 saturated heterocycles. The van der Waals surface area contributed by atoms with E-state index >= 15 is 0 Å². The third-order valence-corrected chi connectivity index (χ3v) is 4.23. The number of hydrogen-bond acceptors (Lipinski definition) is 4. The highest BCUT2D eigenvalue weighted by Crippen LogP contribution is 2.26. The summed E-state index contributed by atoms with van der Waals surface area (Å²) in [5.41, 5.74) is 0. The minimum absolute atomic E-state index is 0.00689. The van der Waals surface area contributed by atoms with Gasteiger partial charge in [-0.2, -0.15) is 0 Å². The van der Waals surface area contributed by atoms with E-state index in [1.807, 2.05) is 24.4 Å². The number of carbonyl (C=O) groups excluding carboxylic acids is 1. The van der Waals surface area contributed by atoms with Gasteiger partial charge in [-0.3, -0.25) is 4.79 Å². The maximum absolute atomic E-state index is 12.2. The molecule has 2 aromatic rings. The summed E-state index contributed by atoms with van der Waals surface area (Å²) in [5, 5.41) is 5.31. The molecule has 2 heterocycles. The van der Waals surface area contributed by atoms with E-state index in [0.717, 1.165) is 36.0 Å². The Morgan fingerprint density at radius 2 is 2.14 bits per heavy atom. The van der Waals surface area contributed by atoms with Crippen molar-refractivity contribution in [3.8, 4) is 0 Å². The number of aromatic nitrogens is 1. The van der Waals surface area contributed by atoms with Gasteiger partial charge in [-0.1, -0.05) is 24.3 Å². The van der Waals surface area contributed by atoms with Gasteiger partial charge in [0.1, 0.15) is 5.82 Å². The molecule has 0 bridgehead atoms. The van der Waals surface area contributed by atoms with Crippen molar-refractivity contribution in [2.24, 2.45) is 0 Å². The molecule has 5 nitrogen and oxygen atoms in total. The van der Waals surface area contributed by atoms with Crippen LogP contribution in [0.3, 0.4) is 0 Å². The minimum atomic E-state index is -0.407. The zero-order chi connectivity index (χ0) is 14.9. The fourth-order valence-corrected chi connectivity index (χ4v) is 2.88. The van der Waals surface area contributed by atoms with Gasteiger partial charge in [0.25, 0.3) is 5.91 Å². The number of pyridine rings is 1. The normalized spacial score (nSPS) is 21.8. The van der Waals surface area contributed by atoms with E-state index in [-0.39, 0.29) is 5.91 Å². The van der Waals surface area contributed by atoms with E-state index in [9.17, 15) is 4.79 Å². The van der Waals surface area contributed by atoms with E-state index in [4.69, 9.17) is 4.74 Å². The second kappa shape index (κ2) is 5.57. The number of rotatable bonds is 3. The zero-order valence-corrected chi connectivity index (χ0v) is 12.4. The summed E-state index contributed by atoms with van der Waals surface area (Å²) < 4.78 is 5.65. The highest BCUT2D eigenvalue weighted by atomic mass is 16.5. The number of fused-ring (bicyclic) bond motifs is 1. The molecule has 1 aromatic heterocycles. The van der Waals surface area contributed by atoms with Crippen molar-refractivity contribution < 1.29 is 9.53 Å². The van der Waals surface area contributed by atoms with Gasteiger partial charge in [0.15, 0.2) is 6.10 Å². The first-order valence-electron chi connectivity index (χ1n) is 7.82. The van der Waals surface area contributed by atoms with Gasteiger partial charge in [-0.15, -0.1) is 0 Å². The molecule has 2 aliphatic rings. The average molecular weight is 297 g/mol. The smallest absolute Gasteiger partial charge is 0.251 e. The summed E-state index contributed by atoms with van der Waals surface area (Å²) in [7, 11) is 0. The molecule has 22 heavy (non-hydrogen) atoms. The van der Waals surface area contributed by atoms with E-state index in [1.165, 1.54) is 0 Å². The van der Waals surface area contributed by atoms with Gasteiger partial charge in [-0.25, -0.2) is 4.98 Å². The maximum atomic E-state index is 12.2. The fraction of sp³-hybridized carbons (Fsp3) is 0.412. The number of benzene rings is 1. The van der Waals surface area contributed by atoms with E-state index < -0.39 is 6.10 Å². The largest absolute Gasteiger partial charge is 0.365 e. The summed E-state index contributed by atoms with van der Waals surface area (Å²) in [4.78, 5) is 18.9. The number of anilines is 1. The molecule has 0 spiro atoms. The number of morpholine rings is 1. The topological polar surface area (TPSA) is 54.5 Å². The van der Waals surface area contributed by atoms with Crippen LogP contribution in [0.1, 0.15) is 12.8 Å². The lowest BCUT2D eigenvalue weighted by molar-refractivity contribution is -0.133. The van der Waals surface area contributed by atoms with Crippen LogP contribution < -0.4 is 10.2 Å². The number of nitrogens with one attached hydrogen (secondary N) is 1. The predicted molar refractivity (Wildman–Crippen MR) is 84.9 cm³/mol. The molecule has 1 aliphatic carbocycles. The van der Waals surface area contributed by atoms with Crippen LogP contribution in [0.15, 0.2) is 36.5 Å². The number of carbonyl (C=O) groups is 1. The molecular formula is C17H19N3O2. The average Bonchev–Trinajstić information content (AvgIpc) is 3.38. The van der Waals surface area contributed by atoms with Gasteiger partial charge >= 0.3 is 0 Å². The van der Waals surface area contributed by atoms with Crippen molar-refractivity contribution in [1.82, 2.24) is 10.3 Å². The van der Waals surface area contributed by atoms with Gasteiger partial charge in [0, 0.05) is 24.2 Å². The summed E-state index contributed by atoms with van der Waals surface area (Å²) in [6.07, 6.45) is 3.60. The number of nitrogens with zero attached hydrogens (tertiary/aromatic N) is 2. The first kappa shape index (κ1) is 13.5. The van der Waals surface area contributed by atoms with Crippen LogP contribution in [0.4, 0.5) is 5.82 Å². The second-order valence-electron chi connectivity index (χ2n) is 5.94. The van der Waals surface area contributed by atoms with Crippen LogP contribution in [0.2, 0.25) is 0 Å². The van der Waals surface area contributed by atoms with E-state index in [2.05, 4.69) is 27.3 Å². The summed E-state index contributed by atoms with van der Waals surface area (Å²) in [6.45, 7) is 1.86. The summed E-state index contributed by atoms with van der Waals surface area (Å²) >= 11 is 0. The van der Waals surface area contributed by atoms with Crippen LogP contribution in [-0.2, 0) is 9.53 Å². The first-order valence-corrected chi connectivity index (χ1v) is 7.82. The Morgan fingerprint density at radius 1 is 1.27 bits per heavy atom. The Balaban J connectivity index is 1.57. The molecule has 0 radical (unpaired) electrons. The quantitative estimate of drug-likeness (QED) is 0.937. The van der Waals surface area contributed by atoms with Gasteiger partial charge < -0.3 is 15.0 Å². The third-order valence-electron chi connectivity index (χ3n) is 4.23. The monoisotopic (exact) mass is 297 g/mol. The molecule has 5 heteroatoms. The molecule has 1 unspecified atom stereocenters. The van der Waals surface area contributed by atoms with E-state index in [0.29, 0.717) is 19.2 Å². The van der Waals surface area contributed by atoms with Crippen LogP contribution in [-0.4, -0.2) is 42.7 Å². The van der Waals surface area contributed by atoms with Crippen molar-refractivity contribution in [2.45, 2.75) is 25.0 Å². The van der Waals surface area contributed by atoms with Crippen molar-refractivity contribution in [3.05, 3.63) is 36.5 Å². The van der Waals surface area contributed by atoms with Crippen LogP contribution in [0, 0.1) is 0 Å². The molecule has 1 aliphatic heterocycles. The van der Waals surface area contributed by atoms with Crippen molar-refractivity contribution in [3.63, 3.8) is 0 Å². The number of hydrogen-bond donors (Lipinski definition) is 1. The van der Waals surface area contributed by atoms with Crippen molar-refractivity contribution in [2.75, 3.05) is 24.6 Å². The van der Waals surface area contributed by atoms with Crippen molar-refractivity contribution in [1.29, 1.82) is 0 Å². The number of amides is 1. The van der Waals surface area contributed by atoms with Gasteiger partial charge in [-0.05, 0) is 24.3 Å². The number of ether oxygens (including phenoxy) is 1. The lowest BCUT2D eigenvalue weighted by Crippen LogP contribution is -2.50. The molecule has 2 fully saturated rings. The summed E-state index contributed by atoms with van der Waals surface area (Å²) in [5.74, 6) is 0.943. The molecule has 1 atom stereocenters. The third kappa shape index (κ3) is 2.64. The van der Waals surface area contributed by atoms with Crippen LogP contribution >= 0.6 is 0 Å². The Morgan fingerprint density at radius 3 is 3.00 bits per heavy atom. The van der Waals surface area contributed by atoms with Gasteiger partial charge in [0.2, 0.25) is 0 Å². The highest BCUT2D eigenvalue weighted by molar-refractivity contribution is 5.92. The Labute approximate surface area is 129 Å². The lowest BCUT2D eigenvalue weighted by atomic mass is 10.1. The fourth-order valence-electron chi connectivity index (χ4n) is 2.88. The molecule has 114 valence electrons. The molecule has 1 N–H and O–H groups in total. The standard InChI is InChI=1S/C17H19N3O2/c21-17(19-13-5-6-13)15-11-20(9-10-22-15)16-14-4-2-1-3-12(14)7-8-18-16/h1-4,7-8,13,15H,5-6,9-11H2,(H,19,21). The summed E-state index contributed by atoms with van der Waals surface area (Å²) in [6, 6.07) is 10.6.